The second kappa shape index (κ2) is 4.36. The molecule has 1 aromatic rings. The minimum atomic E-state index is -4.24. The minimum absolute atomic E-state index is 0.0716. The Balaban J connectivity index is 2.32. The molecule has 0 saturated heterocycles. The summed E-state index contributed by atoms with van der Waals surface area (Å²) in [4.78, 5) is 5.13. The van der Waals surface area contributed by atoms with Crippen LogP contribution in [0.5, 0.6) is 0 Å². The molecule has 1 heterocycles. The van der Waals surface area contributed by atoms with Crippen LogP contribution in [0.4, 0.5) is 24.5 Å². The predicted molar refractivity (Wildman–Crippen MR) is 62.8 cm³/mol. The number of aromatic nitrogens is 1. The Bertz CT molecular complexity index is 397. The van der Waals surface area contributed by atoms with E-state index in [0.29, 0.717) is 10.2 Å². The van der Waals surface area contributed by atoms with E-state index < -0.39 is 12.7 Å². The van der Waals surface area contributed by atoms with E-state index >= 15 is 0 Å². The topological polar surface area (TPSA) is 42.1 Å². The maximum absolute atomic E-state index is 12.5. The number of hydrogen-bond donors (Lipinski definition) is 1. The molecule has 0 radical (unpaired) electrons. The quantitative estimate of drug-likeness (QED) is 0.933. The van der Waals surface area contributed by atoms with Gasteiger partial charge >= 0.3 is 6.18 Å². The van der Waals surface area contributed by atoms with Crippen molar-refractivity contribution in [3.8, 4) is 0 Å². The predicted octanol–water partition coefficient (Wildman–Crippen LogP) is 2.96. The van der Waals surface area contributed by atoms with Crippen LogP contribution in [0.2, 0.25) is 0 Å². The van der Waals surface area contributed by atoms with E-state index in [2.05, 4.69) is 20.9 Å². The number of nitrogens with two attached hydrogens (primary N) is 1. The molecule has 1 aliphatic rings. The van der Waals surface area contributed by atoms with Crippen molar-refractivity contribution in [2.45, 2.75) is 25.1 Å². The Kier molecular flexibility index (Phi) is 3.20. The van der Waals surface area contributed by atoms with Crippen molar-refractivity contribution >= 4 is 27.3 Å². The molecule has 1 saturated carbocycles. The summed E-state index contributed by atoms with van der Waals surface area (Å²) >= 11 is 3.20. The molecule has 0 atom stereocenters. The number of nitrogens with zero attached hydrogens (tertiary/aromatic N) is 2. The highest BCUT2D eigenvalue weighted by Gasteiger charge is 2.39. The lowest BCUT2D eigenvalue weighted by atomic mass is 10.3. The highest BCUT2D eigenvalue weighted by molar-refractivity contribution is 9.10. The van der Waals surface area contributed by atoms with Crippen LogP contribution in [0.15, 0.2) is 16.9 Å². The molecule has 1 aliphatic carbocycles. The van der Waals surface area contributed by atoms with Gasteiger partial charge in [-0.3, -0.25) is 4.98 Å². The fourth-order valence-electron chi connectivity index (χ4n) is 1.72. The van der Waals surface area contributed by atoms with Crippen LogP contribution < -0.4 is 10.6 Å². The van der Waals surface area contributed by atoms with Crippen LogP contribution in [0.25, 0.3) is 0 Å². The third-order valence-electron chi connectivity index (χ3n) is 2.53. The fraction of sp³-hybridized carbons (Fsp3) is 0.500. The van der Waals surface area contributed by atoms with Crippen molar-refractivity contribution in [3.05, 3.63) is 16.9 Å². The first kappa shape index (κ1) is 12.5. The highest BCUT2D eigenvalue weighted by atomic mass is 79.9. The number of hydrogen-bond acceptors (Lipinski definition) is 3. The van der Waals surface area contributed by atoms with Crippen molar-refractivity contribution in [1.29, 1.82) is 0 Å². The average Bonchev–Trinajstić information content (AvgIpc) is 2.96. The van der Waals surface area contributed by atoms with Crippen molar-refractivity contribution < 1.29 is 13.2 Å². The lowest BCUT2D eigenvalue weighted by Crippen LogP contribution is -2.36. The molecule has 2 N–H and O–H groups in total. The molecule has 94 valence electrons. The molecule has 0 aliphatic heterocycles. The van der Waals surface area contributed by atoms with Gasteiger partial charge in [-0.2, -0.15) is 13.2 Å². The van der Waals surface area contributed by atoms with E-state index in [4.69, 9.17) is 5.73 Å². The third kappa shape index (κ3) is 3.02. The summed E-state index contributed by atoms with van der Waals surface area (Å²) in [7, 11) is 0. The Morgan fingerprint density at radius 3 is 2.53 bits per heavy atom. The van der Waals surface area contributed by atoms with Crippen LogP contribution in [0, 0.1) is 0 Å². The van der Waals surface area contributed by atoms with Gasteiger partial charge in [0.15, 0.2) is 0 Å². The first-order chi connectivity index (χ1) is 7.88. The number of halogens is 4. The van der Waals surface area contributed by atoms with Crippen molar-refractivity contribution in [2.75, 3.05) is 17.2 Å². The summed E-state index contributed by atoms with van der Waals surface area (Å²) in [6, 6.07) is -0.0716. The number of nitrogen functional groups attached to an aromatic ring is 1. The number of anilines is 2. The van der Waals surface area contributed by atoms with Crippen LogP contribution in [0.1, 0.15) is 12.8 Å². The minimum Gasteiger partial charge on any atom is -0.396 e. The lowest BCUT2D eigenvalue weighted by Gasteiger charge is -2.27. The van der Waals surface area contributed by atoms with Gasteiger partial charge in [-0.15, -0.1) is 0 Å². The number of rotatable bonds is 3. The van der Waals surface area contributed by atoms with Gasteiger partial charge in [0.05, 0.1) is 22.0 Å². The number of alkyl halides is 3. The molecule has 0 amide bonds. The smallest absolute Gasteiger partial charge is 0.396 e. The van der Waals surface area contributed by atoms with Crippen LogP contribution in [0.3, 0.4) is 0 Å². The first-order valence-electron chi connectivity index (χ1n) is 5.11. The largest absolute Gasteiger partial charge is 0.405 e. The van der Waals surface area contributed by atoms with E-state index in [1.54, 1.807) is 0 Å². The normalized spacial score (nSPS) is 16.0. The molecule has 0 spiro atoms. The molecular formula is C10H11BrF3N3. The molecule has 17 heavy (non-hydrogen) atoms. The zero-order valence-electron chi connectivity index (χ0n) is 8.84. The molecule has 1 aromatic heterocycles. The zero-order chi connectivity index (χ0) is 12.6. The lowest BCUT2D eigenvalue weighted by molar-refractivity contribution is -0.119. The molecule has 2 rings (SSSR count). The van der Waals surface area contributed by atoms with Gasteiger partial charge in [0.2, 0.25) is 0 Å². The van der Waals surface area contributed by atoms with Gasteiger partial charge in [-0.25, -0.2) is 0 Å². The molecule has 0 unspecified atom stereocenters. The van der Waals surface area contributed by atoms with Crippen LogP contribution >= 0.6 is 15.9 Å². The zero-order valence-corrected chi connectivity index (χ0v) is 10.4. The van der Waals surface area contributed by atoms with Gasteiger partial charge in [0.25, 0.3) is 0 Å². The summed E-state index contributed by atoms with van der Waals surface area (Å²) in [5, 5.41) is 0. The summed E-state index contributed by atoms with van der Waals surface area (Å²) in [5.74, 6) is 0. The van der Waals surface area contributed by atoms with Crippen LogP contribution in [-0.4, -0.2) is 23.7 Å². The second-order valence-corrected chi connectivity index (χ2v) is 4.89. The molecule has 0 bridgehead atoms. The summed E-state index contributed by atoms with van der Waals surface area (Å²) in [6.07, 6.45) is 0.121. The Hall–Kier alpha value is -0.980. The van der Waals surface area contributed by atoms with Crippen molar-refractivity contribution in [1.82, 2.24) is 4.98 Å². The molecule has 3 nitrogen and oxygen atoms in total. The molecule has 7 heteroatoms. The third-order valence-corrected chi connectivity index (χ3v) is 3.11. The maximum Gasteiger partial charge on any atom is 0.405 e. The summed E-state index contributed by atoms with van der Waals surface area (Å²) in [5.41, 5.74) is 6.35. The number of pyridine rings is 1. The van der Waals surface area contributed by atoms with Gasteiger partial charge in [-0.05, 0) is 28.8 Å². The average molecular weight is 310 g/mol. The van der Waals surface area contributed by atoms with Gasteiger partial charge in [-0.1, -0.05) is 0 Å². The van der Waals surface area contributed by atoms with E-state index in [9.17, 15) is 13.2 Å². The van der Waals surface area contributed by atoms with E-state index in [1.165, 1.54) is 17.3 Å². The van der Waals surface area contributed by atoms with Gasteiger partial charge in [0.1, 0.15) is 6.54 Å². The van der Waals surface area contributed by atoms with E-state index in [0.717, 1.165) is 12.8 Å². The fourth-order valence-corrected chi connectivity index (χ4v) is 2.29. The maximum atomic E-state index is 12.5. The van der Waals surface area contributed by atoms with Gasteiger partial charge in [0, 0.05) is 12.2 Å². The first-order valence-corrected chi connectivity index (χ1v) is 5.90. The molecular weight excluding hydrogens is 299 g/mol. The Labute approximate surface area is 105 Å². The van der Waals surface area contributed by atoms with Crippen molar-refractivity contribution in [2.24, 2.45) is 0 Å². The Morgan fingerprint density at radius 2 is 2.06 bits per heavy atom. The van der Waals surface area contributed by atoms with E-state index in [1.807, 2.05) is 0 Å². The SMILES string of the molecule is Nc1cncc(Br)c1N(CC(F)(F)F)C1CC1. The Morgan fingerprint density at radius 1 is 1.41 bits per heavy atom. The molecule has 0 aromatic carbocycles. The van der Waals surface area contributed by atoms with Crippen molar-refractivity contribution in [3.63, 3.8) is 0 Å². The monoisotopic (exact) mass is 309 g/mol. The summed E-state index contributed by atoms with van der Waals surface area (Å²) in [6.45, 7) is -0.982. The molecule has 1 fully saturated rings. The standard InChI is InChI=1S/C10H11BrF3N3/c11-7-3-16-4-8(15)9(7)17(6-1-2-6)5-10(12,13)14/h3-4,6H,1-2,5,15H2. The van der Waals surface area contributed by atoms with E-state index in [-0.39, 0.29) is 11.7 Å². The summed E-state index contributed by atoms with van der Waals surface area (Å²) < 4.78 is 38.1. The second-order valence-electron chi connectivity index (χ2n) is 4.03. The van der Waals surface area contributed by atoms with Crippen LogP contribution in [-0.2, 0) is 0 Å². The van der Waals surface area contributed by atoms with Gasteiger partial charge < -0.3 is 10.6 Å². The highest BCUT2D eigenvalue weighted by Crippen LogP contribution is 2.40.